The summed E-state index contributed by atoms with van der Waals surface area (Å²) in [5.74, 6) is 1.69. The summed E-state index contributed by atoms with van der Waals surface area (Å²) in [6.45, 7) is 3.44. The van der Waals surface area contributed by atoms with Crippen molar-refractivity contribution in [2.24, 2.45) is 5.92 Å². The van der Waals surface area contributed by atoms with Gasteiger partial charge in [-0.25, -0.2) is 0 Å². The van der Waals surface area contributed by atoms with Gasteiger partial charge in [-0.3, -0.25) is 4.79 Å². The van der Waals surface area contributed by atoms with E-state index < -0.39 is 0 Å². The van der Waals surface area contributed by atoms with E-state index in [0.29, 0.717) is 24.1 Å². The molecular weight excluding hydrogens is 370 g/mol. The molecule has 2 aromatic heterocycles. The van der Waals surface area contributed by atoms with Crippen molar-refractivity contribution in [1.82, 2.24) is 15.1 Å². The molecule has 1 amide bonds. The summed E-state index contributed by atoms with van der Waals surface area (Å²) in [7, 11) is 0. The van der Waals surface area contributed by atoms with Crippen LogP contribution in [0.5, 0.6) is 0 Å². The summed E-state index contributed by atoms with van der Waals surface area (Å²) >= 11 is 1.83. The SMILES string of the molecule is Cc1nnc(C(CC(=O)N2CCC(Cc3cccs3)CC2)c2ccccc2)o1. The van der Waals surface area contributed by atoms with Gasteiger partial charge in [-0.05, 0) is 42.2 Å². The molecule has 0 saturated carbocycles. The van der Waals surface area contributed by atoms with E-state index >= 15 is 0 Å². The second-order valence-corrected chi connectivity index (χ2v) is 8.47. The predicted octanol–water partition coefficient (Wildman–Crippen LogP) is 4.44. The molecular formula is C22H25N3O2S. The maximum atomic E-state index is 13.0. The minimum atomic E-state index is -0.196. The first-order chi connectivity index (χ1) is 13.7. The van der Waals surface area contributed by atoms with E-state index in [-0.39, 0.29) is 11.8 Å². The molecule has 1 unspecified atom stereocenters. The number of hydrogen-bond acceptors (Lipinski definition) is 5. The molecule has 3 aromatic rings. The monoisotopic (exact) mass is 395 g/mol. The standard InChI is InChI=1S/C22H25N3O2S/c1-16-23-24-22(27-16)20(18-6-3-2-4-7-18)15-21(26)25-11-9-17(10-12-25)14-19-8-5-13-28-19/h2-8,13,17,20H,9-12,14-15H2,1H3. The third kappa shape index (κ3) is 4.50. The molecule has 1 atom stereocenters. The number of likely N-dealkylation sites (tertiary alicyclic amines) is 1. The number of amides is 1. The summed E-state index contributed by atoms with van der Waals surface area (Å²) in [6.07, 6.45) is 3.63. The third-order valence-electron chi connectivity index (χ3n) is 5.46. The minimum Gasteiger partial charge on any atom is -0.425 e. The van der Waals surface area contributed by atoms with Crippen molar-refractivity contribution in [3.8, 4) is 0 Å². The minimum absolute atomic E-state index is 0.166. The normalized spacial score (nSPS) is 16.2. The van der Waals surface area contributed by atoms with E-state index in [2.05, 4.69) is 27.7 Å². The van der Waals surface area contributed by atoms with Crippen molar-refractivity contribution in [3.63, 3.8) is 0 Å². The van der Waals surface area contributed by atoms with Gasteiger partial charge in [0.2, 0.25) is 17.7 Å². The van der Waals surface area contributed by atoms with Gasteiger partial charge < -0.3 is 9.32 Å². The van der Waals surface area contributed by atoms with Gasteiger partial charge in [0.25, 0.3) is 0 Å². The number of aryl methyl sites for hydroxylation is 1. The van der Waals surface area contributed by atoms with Crippen LogP contribution in [-0.2, 0) is 11.2 Å². The zero-order valence-corrected chi connectivity index (χ0v) is 16.9. The van der Waals surface area contributed by atoms with Crippen LogP contribution >= 0.6 is 11.3 Å². The van der Waals surface area contributed by atoms with Gasteiger partial charge in [0.15, 0.2) is 0 Å². The first kappa shape index (κ1) is 18.9. The van der Waals surface area contributed by atoms with Crippen LogP contribution < -0.4 is 0 Å². The van der Waals surface area contributed by atoms with Crippen molar-refractivity contribution in [1.29, 1.82) is 0 Å². The molecule has 0 spiro atoms. The van der Waals surface area contributed by atoms with Crippen LogP contribution in [-0.4, -0.2) is 34.1 Å². The van der Waals surface area contributed by atoms with Crippen LogP contribution in [0.1, 0.15) is 47.4 Å². The van der Waals surface area contributed by atoms with E-state index in [4.69, 9.17) is 4.42 Å². The second-order valence-electron chi connectivity index (χ2n) is 7.43. The number of benzene rings is 1. The van der Waals surface area contributed by atoms with Gasteiger partial charge in [-0.15, -0.1) is 21.5 Å². The van der Waals surface area contributed by atoms with Gasteiger partial charge in [0.1, 0.15) is 0 Å². The Balaban J connectivity index is 1.39. The van der Waals surface area contributed by atoms with Crippen molar-refractivity contribution >= 4 is 17.2 Å². The van der Waals surface area contributed by atoms with Crippen molar-refractivity contribution in [2.75, 3.05) is 13.1 Å². The van der Waals surface area contributed by atoms with Crippen LogP contribution in [0.25, 0.3) is 0 Å². The number of hydrogen-bond donors (Lipinski definition) is 0. The lowest BCUT2D eigenvalue weighted by molar-refractivity contribution is -0.132. The number of nitrogens with zero attached hydrogens (tertiary/aromatic N) is 3. The smallest absolute Gasteiger partial charge is 0.224 e. The molecule has 1 fully saturated rings. The Bertz CT molecular complexity index is 884. The van der Waals surface area contributed by atoms with Gasteiger partial charge in [0.05, 0.1) is 5.92 Å². The van der Waals surface area contributed by atoms with E-state index in [1.807, 2.05) is 46.6 Å². The van der Waals surface area contributed by atoms with Gasteiger partial charge in [-0.2, -0.15) is 0 Å². The molecule has 1 aromatic carbocycles. The molecule has 0 aliphatic carbocycles. The zero-order valence-electron chi connectivity index (χ0n) is 16.1. The Hall–Kier alpha value is -2.47. The average Bonchev–Trinajstić information content (AvgIpc) is 3.39. The molecule has 28 heavy (non-hydrogen) atoms. The van der Waals surface area contributed by atoms with Crippen LogP contribution in [0.3, 0.4) is 0 Å². The van der Waals surface area contributed by atoms with E-state index in [1.54, 1.807) is 6.92 Å². The maximum Gasteiger partial charge on any atom is 0.224 e. The third-order valence-corrected chi connectivity index (χ3v) is 6.36. The van der Waals surface area contributed by atoms with Crippen LogP contribution in [0, 0.1) is 12.8 Å². The molecule has 146 valence electrons. The molecule has 1 aliphatic heterocycles. The van der Waals surface area contributed by atoms with E-state index in [0.717, 1.165) is 37.9 Å². The highest BCUT2D eigenvalue weighted by atomic mass is 32.1. The topological polar surface area (TPSA) is 59.2 Å². The van der Waals surface area contributed by atoms with Gasteiger partial charge >= 0.3 is 0 Å². The number of aromatic nitrogens is 2. The first-order valence-corrected chi connectivity index (χ1v) is 10.7. The molecule has 0 bridgehead atoms. The largest absolute Gasteiger partial charge is 0.425 e. The molecule has 4 rings (SSSR count). The van der Waals surface area contributed by atoms with Crippen LogP contribution in [0.2, 0.25) is 0 Å². The number of carbonyl (C=O) groups excluding carboxylic acids is 1. The Morgan fingerprint density at radius 2 is 1.96 bits per heavy atom. The van der Waals surface area contributed by atoms with E-state index in [1.165, 1.54) is 4.88 Å². The van der Waals surface area contributed by atoms with E-state index in [9.17, 15) is 4.79 Å². The lowest BCUT2D eigenvalue weighted by atomic mass is 9.91. The predicted molar refractivity (Wildman–Crippen MR) is 109 cm³/mol. The van der Waals surface area contributed by atoms with Crippen molar-refractivity contribution in [3.05, 3.63) is 70.1 Å². The quantitative estimate of drug-likeness (QED) is 0.619. The molecule has 0 N–H and O–H groups in total. The Morgan fingerprint density at radius 1 is 1.18 bits per heavy atom. The number of rotatable bonds is 6. The van der Waals surface area contributed by atoms with Crippen LogP contribution in [0.4, 0.5) is 0 Å². The molecule has 1 aliphatic rings. The highest BCUT2D eigenvalue weighted by molar-refractivity contribution is 7.09. The molecule has 0 radical (unpaired) electrons. The summed E-state index contributed by atoms with van der Waals surface area (Å²) < 4.78 is 5.67. The van der Waals surface area contributed by atoms with Gasteiger partial charge in [-0.1, -0.05) is 36.4 Å². The zero-order chi connectivity index (χ0) is 19.3. The second kappa shape index (κ2) is 8.69. The summed E-state index contributed by atoms with van der Waals surface area (Å²) in [6, 6.07) is 14.3. The summed E-state index contributed by atoms with van der Waals surface area (Å²) in [5.41, 5.74) is 1.03. The first-order valence-electron chi connectivity index (χ1n) is 9.84. The fourth-order valence-corrected chi connectivity index (χ4v) is 4.71. The number of thiophene rings is 1. The summed E-state index contributed by atoms with van der Waals surface area (Å²) in [4.78, 5) is 16.5. The van der Waals surface area contributed by atoms with Gasteiger partial charge in [0, 0.05) is 31.3 Å². The number of carbonyl (C=O) groups is 1. The fourth-order valence-electron chi connectivity index (χ4n) is 3.89. The highest BCUT2D eigenvalue weighted by Crippen LogP contribution is 2.29. The molecule has 5 nitrogen and oxygen atoms in total. The fraction of sp³-hybridized carbons (Fsp3) is 0.409. The highest BCUT2D eigenvalue weighted by Gasteiger charge is 2.28. The molecule has 3 heterocycles. The summed E-state index contributed by atoms with van der Waals surface area (Å²) in [5, 5.41) is 10.3. The van der Waals surface area contributed by atoms with Crippen molar-refractivity contribution in [2.45, 2.75) is 38.5 Å². The average molecular weight is 396 g/mol. The van der Waals surface area contributed by atoms with Crippen LogP contribution in [0.15, 0.2) is 52.3 Å². The van der Waals surface area contributed by atoms with Crippen molar-refractivity contribution < 1.29 is 9.21 Å². The molecule has 1 saturated heterocycles. The Morgan fingerprint density at radius 3 is 2.61 bits per heavy atom. The number of piperidine rings is 1. The lowest BCUT2D eigenvalue weighted by Gasteiger charge is -2.32. The lowest BCUT2D eigenvalue weighted by Crippen LogP contribution is -2.39. The maximum absolute atomic E-state index is 13.0. The molecule has 6 heteroatoms. The Kier molecular flexibility index (Phi) is 5.86. The Labute approximate surface area is 169 Å².